The van der Waals surface area contributed by atoms with Crippen LogP contribution in [0.5, 0.6) is 0 Å². The van der Waals surface area contributed by atoms with Gasteiger partial charge in [0.1, 0.15) is 0 Å². The minimum atomic E-state index is -1.12. The van der Waals surface area contributed by atoms with E-state index in [-0.39, 0.29) is 11.3 Å². The predicted octanol–water partition coefficient (Wildman–Crippen LogP) is 1.99. The first-order chi connectivity index (χ1) is 9.65. The number of hydrogen-bond donors (Lipinski definition) is 2. The average molecular weight is 287 g/mol. The van der Waals surface area contributed by atoms with E-state index in [4.69, 9.17) is 5.11 Å². The molecule has 6 nitrogen and oxygen atoms in total. The van der Waals surface area contributed by atoms with Crippen LogP contribution in [0.15, 0.2) is 46.6 Å². The van der Waals surface area contributed by atoms with Crippen molar-refractivity contribution in [2.24, 2.45) is 0 Å². The number of carboxylic acids is 1. The second kappa shape index (κ2) is 4.78. The van der Waals surface area contributed by atoms with Gasteiger partial charge in [-0.1, -0.05) is 30.3 Å². The zero-order valence-corrected chi connectivity index (χ0v) is 10.9. The Hall–Kier alpha value is -2.67. The van der Waals surface area contributed by atoms with Gasteiger partial charge in [0.2, 0.25) is 5.13 Å². The maximum Gasteiger partial charge on any atom is 0.355 e. The van der Waals surface area contributed by atoms with Gasteiger partial charge in [0.05, 0.1) is 5.69 Å². The summed E-state index contributed by atoms with van der Waals surface area (Å²) in [5.74, 6) is -1.12. The van der Waals surface area contributed by atoms with Crippen LogP contribution in [0.2, 0.25) is 0 Å². The molecular weight excluding hydrogens is 278 g/mol. The molecule has 0 radical (unpaired) electrons. The Balaban J connectivity index is 2.05. The molecule has 3 rings (SSSR count). The van der Waals surface area contributed by atoms with Crippen LogP contribution in [0.1, 0.15) is 10.5 Å². The maximum atomic E-state index is 11.9. The zero-order valence-electron chi connectivity index (χ0n) is 10.1. The largest absolute Gasteiger partial charge is 0.476 e. The second-order valence-electron chi connectivity index (χ2n) is 4.03. The van der Waals surface area contributed by atoms with Gasteiger partial charge in [-0.2, -0.15) is 4.68 Å². The number of H-pyrrole nitrogens is 1. The second-order valence-corrected chi connectivity index (χ2v) is 4.87. The molecule has 0 spiro atoms. The summed E-state index contributed by atoms with van der Waals surface area (Å²) in [6, 6.07) is 10.8. The molecule has 2 heterocycles. The summed E-state index contributed by atoms with van der Waals surface area (Å²) in [7, 11) is 0. The molecule has 0 aliphatic heterocycles. The fourth-order valence-corrected chi connectivity index (χ4v) is 2.53. The van der Waals surface area contributed by atoms with Gasteiger partial charge in [-0.05, 0) is 5.56 Å². The van der Waals surface area contributed by atoms with Gasteiger partial charge >= 0.3 is 5.97 Å². The molecule has 0 atom stereocenters. The van der Waals surface area contributed by atoms with Gasteiger partial charge in [0.25, 0.3) is 5.56 Å². The SMILES string of the molecule is O=C(O)c1csc(-n2[nH]c(-c3ccccc3)cc2=O)n1. The fraction of sp³-hybridized carbons (Fsp3) is 0. The number of nitrogens with one attached hydrogen (secondary N) is 1. The van der Waals surface area contributed by atoms with Crippen molar-refractivity contribution in [1.29, 1.82) is 0 Å². The number of nitrogens with zero attached hydrogens (tertiary/aromatic N) is 2. The smallest absolute Gasteiger partial charge is 0.355 e. The molecule has 0 aliphatic rings. The lowest BCUT2D eigenvalue weighted by atomic mass is 10.2. The minimum Gasteiger partial charge on any atom is -0.476 e. The van der Waals surface area contributed by atoms with Crippen molar-refractivity contribution in [3.05, 3.63) is 57.8 Å². The summed E-state index contributed by atoms with van der Waals surface area (Å²) in [6.07, 6.45) is 0. The number of carboxylic acid groups (broad SMARTS) is 1. The van der Waals surface area contributed by atoms with E-state index >= 15 is 0 Å². The third-order valence-corrected chi connectivity index (χ3v) is 3.53. The first-order valence-electron chi connectivity index (χ1n) is 5.72. The Kier molecular flexibility index (Phi) is 2.96. The molecule has 7 heteroatoms. The van der Waals surface area contributed by atoms with E-state index in [9.17, 15) is 9.59 Å². The van der Waals surface area contributed by atoms with Crippen LogP contribution < -0.4 is 5.56 Å². The highest BCUT2D eigenvalue weighted by molar-refractivity contribution is 7.12. The van der Waals surface area contributed by atoms with Crippen molar-refractivity contribution < 1.29 is 9.90 Å². The number of thiazole rings is 1. The Morgan fingerprint density at radius 1 is 1.30 bits per heavy atom. The summed E-state index contributed by atoms with van der Waals surface area (Å²) < 4.78 is 1.24. The van der Waals surface area contributed by atoms with E-state index in [1.165, 1.54) is 16.1 Å². The predicted molar refractivity (Wildman–Crippen MR) is 74.5 cm³/mol. The number of hydrogen-bond acceptors (Lipinski definition) is 4. The topological polar surface area (TPSA) is 88.0 Å². The number of aromatic amines is 1. The lowest BCUT2D eigenvalue weighted by Crippen LogP contribution is -2.13. The van der Waals surface area contributed by atoms with Crippen molar-refractivity contribution in [2.75, 3.05) is 0 Å². The van der Waals surface area contributed by atoms with Crippen LogP contribution in [0, 0.1) is 0 Å². The molecule has 2 N–H and O–H groups in total. The van der Waals surface area contributed by atoms with Crippen LogP contribution in [0.4, 0.5) is 0 Å². The number of rotatable bonds is 3. The van der Waals surface area contributed by atoms with Gasteiger partial charge in [-0.3, -0.25) is 9.89 Å². The lowest BCUT2D eigenvalue weighted by molar-refractivity contribution is 0.0691. The van der Waals surface area contributed by atoms with Crippen LogP contribution >= 0.6 is 11.3 Å². The molecule has 0 aliphatic carbocycles. The first kappa shape index (κ1) is 12.4. The van der Waals surface area contributed by atoms with Crippen molar-refractivity contribution >= 4 is 17.3 Å². The van der Waals surface area contributed by atoms with Gasteiger partial charge in [0.15, 0.2) is 5.69 Å². The van der Waals surface area contributed by atoms with Crippen LogP contribution in [-0.2, 0) is 0 Å². The summed E-state index contributed by atoms with van der Waals surface area (Å²) in [5.41, 5.74) is 1.17. The molecule has 3 aromatic rings. The molecule has 1 aromatic carbocycles. The highest BCUT2D eigenvalue weighted by atomic mass is 32.1. The van der Waals surface area contributed by atoms with Crippen LogP contribution in [0.3, 0.4) is 0 Å². The molecule has 0 amide bonds. The van der Waals surface area contributed by atoms with Crippen LogP contribution in [-0.4, -0.2) is 25.8 Å². The molecule has 2 aromatic heterocycles. The molecular formula is C13H9N3O3S. The van der Waals surface area contributed by atoms with Crippen molar-refractivity contribution in [3.8, 4) is 16.4 Å². The van der Waals surface area contributed by atoms with E-state index < -0.39 is 5.97 Å². The maximum absolute atomic E-state index is 11.9. The van der Waals surface area contributed by atoms with E-state index in [0.717, 1.165) is 16.9 Å². The third-order valence-electron chi connectivity index (χ3n) is 2.71. The zero-order chi connectivity index (χ0) is 14.1. The standard InChI is InChI=1S/C13H9N3O3S/c17-11-6-9(8-4-2-1-3-5-8)15-16(11)13-14-10(7-20-13)12(18)19/h1-7,15H,(H,18,19). The Morgan fingerprint density at radius 2 is 2.05 bits per heavy atom. The summed E-state index contributed by atoms with van der Waals surface area (Å²) in [5, 5.41) is 13.5. The first-order valence-corrected chi connectivity index (χ1v) is 6.60. The molecule has 100 valence electrons. The van der Waals surface area contributed by atoms with Crippen molar-refractivity contribution in [2.45, 2.75) is 0 Å². The van der Waals surface area contributed by atoms with Gasteiger partial charge < -0.3 is 5.11 Å². The number of carbonyl (C=O) groups is 1. The van der Waals surface area contributed by atoms with Gasteiger partial charge in [-0.15, -0.1) is 11.3 Å². The number of aromatic carboxylic acids is 1. The Labute approximate surface area is 116 Å². The molecule has 0 saturated heterocycles. The highest BCUT2D eigenvalue weighted by Crippen LogP contribution is 2.17. The highest BCUT2D eigenvalue weighted by Gasteiger charge is 2.13. The minimum absolute atomic E-state index is 0.0761. The lowest BCUT2D eigenvalue weighted by Gasteiger charge is -1.97. The number of benzene rings is 1. The summed E-state index contributed by atoms with van der Waals surface area (Å²) in [6.45, 7) is 0. The normalized spacial score (nSPS) is 10.6. The van der Waals surface area contributed by atoms with Gasteiger partial charge in [-0.25, -0.2) is 9.78 Å². The molecule has 0 bridgehead atoms. The van der Waals surface area contributed by atoms with Crippen molar-refractivity contribution in [1.82, 2.24) is 14.8 Å². The van der Waals surface area contributed by atoms with E-state index in [0.29, 0.717) is 10.8 Å². The summed E-state index contributed by atoms with van der Waals surface area (Å²) >= 11 is 1.09. The van der Waals surface area contributed by atoms with E-state index in [1.807, 2.05) is 30.3 Å². The quantitative estimate of drug-likeness (QED) is 0.771. The molecule has 0 fully saturated rings. The van der Waals surface area contributed by atoms with Gasteiger partial charge in [0, 0.05) is 11.4 Å². The molecule has 0 saturated carbocycles. The third kappa shape index (κ3) is 2.14. The van der Waals surface area contributed by atoms with E-state index in [1.54, 1.807) is 0 Å². The average Bonchev–Trinajstić information content (AvgIpc) is 3.06. The molecule has 20 heavy (non-hydrogen) atoms. The fourth-order valence-electron chi connectivity index (χ4n) is 1.77. The molecule has 0 unspecified atom stereocenters. The Morgan fingerprint density at radius 3 is 2.70 bits per heavy atom. The van der Waals surface area contributed by atoms with Crippen molar-refractivity contribution in [3.63, 3.8) is 0 Å². The Bertz CT molecular complexity index is 817. The summed E-state index contributed by atoms with van der Waals surface area (Å²) in [4.78, 5) is 26.6. The number of aromatic nitrogens is 3. The van der Waals surface area contributed by atoms with E-state index in [2.05, 4.69) is 10.1 Å². The monoisotopic (exact) mass is 287 g/mol. The van der Waals surface area contributed by atoms with Crippen LogP contribution in [0.25, 0.3) is 16.4 Å².